The second kappa shape index (κ2) is 5.70. The molecule has 0 aliphatic carbocycles. The van der Waals surface area contributed by atoms with Gasteiger partial charge in [0.15, 0.2) is 5.78 Å². The number of hydrogen-bond acceptors (Lipinski definition) is 5. The summed E-state index contributed by atoms with van der Waals surface area (Å²) in [5.74, 6) is -1.22. The van der Waals surface area contributed by atoms with Crippen LogP contribution in [0.1, 0.15) is 10.4 Å². The number of ketones is 1. The standard InChI is InChI=1S/C19H13N3OS/c20-10-13-14(11-21)19-22(15-8-4-5-9-16(15)24-19)17(13)18(23)12-6-2-1-3-7-12/h1-9,13-14,17,19H. The van der Waals surface area contributed by atoms with Gasteiger partial charge in [-0.1, -0.05) is 54.2 Å². The van der Waals surface area contributed by atoms with Crippen LogP contribution >= 0.6 is 11.8 Å². The van der Waals surface area contributed by atoms with E-state index in [-0.39, 0.29) is 11.2 Å². The van der Waals surface area contributed by atoms with Gasteiger partial charge >= 0.3 is 0 Å². The molecule has 0 N–H and O–H groups in total. The van der Waals surface area contributed by atoms with E-state index in [2.05, 4.69) is 12.1 Å². The van der Waals surface area contributed by atoms with Gasteiger partial charge in [-0.2, -0.15) is 10.5 Å². The fourth-order valence-corrected chi connectivity index (χ4v) is 5.00. The van der Waals surface area contributed by atoms with Crippen molar-refractivity contribution in [1.82, 2.24) is 0 Å². The fourth-order valence-electron chi connectivity index (χ4n) is 3.55. The van der Waals surface area contributed by atoms with Crippen LogP contribution < -0.4 is 4.90 Å². The molecule has 0 amide bonds. The Balaban J connectivity index is 1.83. The predicted molar refractivity (Wildman–Crippen MR) is 91.3 cm³/mol. The molecule has 0 saturated carbocycles. The van der Waals surface area contributed by atoms with E-state index in [1.165, 1.54) is 0 Å². The van der Waals surface area contributed by atoms with Crippen molar-refractivity contribution in [3.8, 4) is 12.1 Å². The molecule has 1 saturated heterocycles. The van der Waals surface area contributed by atoms with Gasteiger partial charge in [0, 0.05) is 10.5 Å². The van der Waals surface area contributed by atoms with Crippen molar-refractivity contribution >= 4 is 23.2 Å². The van der Waals surface area contributed by atoms with Gasteiger partial charge in [0.25, 0.3) is 0 Å². The summed E-state index contributed by atoms with van der Waals surface area (Å²) in [6, 6.07) is 20.7. The lowest BCUT2D eigenvalue weighted by Crippen LogP contribution is -2.40. The molecular weight excluding hydrogens is 318 g/mol. The number of hydrogen-bond donors (Lipinski definition) is 0. The highest BCUT2D eigenvalue weighted by Crippen LogP contribution is 2.54. The molecule has 4 rings (SSSR count). The Morgan fingerprint density at radius 1 is 0.958 bits per heavy atom. The van der Waals surface area contributed by atoms with Crippen LogP contribution in [0.15, 0.2) is 59.5 Å². The Morgan fingerprint density at radius 3 is 2.33 bits per heavy atom. The summed E-state index contributed by atoms with van der Waals surface area (Å²) in [7, 11) is 0. The normalized spacial score (nSPS) is 27.0. The lowest BCUT2D eigenvalue weighted by molar-refractivity contribution is 0.0949. The van der Waals surface area contributed by atoms with Crippen molar-refractivity contribution in [3.63, 3.8) is 0 Å². The number of thioether (sulfide) groups is 1. The van der Waals surface area contributed by atoms with E-state index >= 15 is 0 Å². The number of carbonyl (C=O) groups excluding carboxylic acids is 1. The first-order valence-corrected chi connectivity index (χ1v) is 8.56. The summed E-state index contributed by atoms with van der Waals surface area (Å²) >= 11 is 1.58. The zero-order chi connectivity index (χ0) is 16.7. The maximum atomic E-state index is 13.1. The van der Waals surface area contributed by atoms with Crippen LogP contribution in [0, 0.1) is 34.5 Å². The quantitative estimate of drug-likeness (QED) is 0.788. The lowest BCUT2D eigenvalue weighted by atomic mass is 9.88. The number of para-hydroxylation sites is 1. The van der Waals surface area contributed by atoms with Crippen LogP contribution in [0.4, 0.5) is 5.69 Å². The average Bonchev–Trinajstić information content (AvgIpc) is 3.15. The number of anilines is 1. The maximum Gasteiger partial charge on any atom is 0.186 e. The number of carbonyl (C=O) groups is 1. The zero-order valence-electron chi connectivity index (χ0n) is 12.7. The molecule has 4 nitrogen and oxygen atoms in total. The van der Waals surface area contributed by atoms with Gasteiger partial charge in [0.2, 0.25) is 0 Å². The Hall–Kier alpha value is -2.76. The van der Waals surface area contributed by atoms with Crippen molar-refractivity contribution in [3.05, 3.63) is 60.2 Å². The van der Waals surface area contributed by atoms with Crippen molar-refractivity contribution < 1.29 is 4.79 Å². The molecule has 24 heavy (non-hydrogen) atoms. The highest BCUT2D eigenvalue weighted by Gasteiger charge is 2.56. The molecule has 2 aliphatic heterocycles. The van der Waals surface area contributed by atoms with Crippen molar-refractivity contribution in [2.75, 3.05) is 4.90 Å². The summed E-state index contributed by atoms with van der Waals surface area (Å²) in [5.41, 5.74) is 1.52. The summed E-state index contributed by atoms with van der Waals surface area (Å²) in [6.45, 7) is 0. The van der Waals surface area contributed by atoms with E-state index in [1.54, 1.807) is 23.9 Å². The van der Waals surface area contributed by atoms with Crippen LogP contribution in [0.2, 0.25) is 0 Å². The Kier molecular flexibility index (Phi) is 3.52. The number of fused-ring (bicyclic) bond motifs is 3. The first-order chi connectivity index (χ1) is 11.8. The van der Waals surface area contributed by atoms with Gasteiger partial charge in [-0.25, -0.2) is 0 Å². The Labute approximate surface area is 144 Å². The molecule has 0 spiro atoms. The van der Waals surface area contributed by atoms with E-state index in [0.29, 0.717) is 5.56 Å². The number of nitriles is 2. The topological polar surface area (TPSA) is 67.9 Å². The minimum Gasteiger partial charge on any atom is -0.345 e. The second-order valence-electron chi connectivity index (χ2n) is 5.87. The van der Waals surface area contributed by atoms with Crippen LogP contribution in [-0.4, -0.2) is 17.2 Å². The highest BCUT2D eigenvalue weighted by atomic mass is 32.2. The van der Waals surface area contributed by atoms with Crippen molar-refractivity contribution in [2.45, 2.75) is 16.3 Å². The Bertz CT molecular complexity index is 883. The SMILES string of the molecule is N#CC1C(C#N)C(C(=O)c2ccccc2)N2c3ccccc3SC12. The molecule has 0 aromatic heterocycles. The molecule has 2 aromatic carbocycles. The van der Waals surface area contributed by atoms with Crippen LogP contribution in [0.25, 0.3) is 0 Å². The smallest absolute Gasteiger partial charge is 0.186 e. The van der Waals surface area contributed by atoms with Crippen LogP contribution in [-0.2, 0) is 0 Å². The number of Topliss-reactive ketones (excluding diaryl/α,β-unsaturated/α-hetero) is 1. The molecule has 4 unspecified atom stereocenters. The summed E-state index contributed by atoms with van der Waals surface area (Å²) < 4.78 is 0. The fraction of sp³-hybridized carbons (Fsp3) is 0.211. The minimum absolute atomic E-state index is 0.0952. The molecule has 1 fully saturated rings. The minimum atomic E-state index is -0.631. The largest absolute Gasteiger partial charge is 0.345 e. The third kappa shape index (κ3) is 2.02. The van der Waals surface area contributed by atoms with Gasteiger partial charge in [-0.15, -0.1) is 0 Å². The number of rotatable bonds is 2. The Morgan fingerprint density at radius 2 is 1.62 bits per heavy atom. The molecule has 4 atom stereocenters. The number of nitrogens with zero attached hydrogens (tertiary/aromatic N) is 3. The molecule has 2 aliphatic rings. The molecular formula is C19H13N3OS. The summed E-state index contributed by atoms with van der Waals surface area (Å²) in [5, 5.41) is 19.1. The van der Waals surface area contributed by atoms with Gasteiger partial charge < -0.3 is 4.90 Å². The molecule has 2 aromatic rings. The van der Waals surface area contributed by atoms with Gasteiger partial charge in [-0.3, -0.25) is 4.79 Å². The van der Waals surface area contributed by atoms with E-state index in [0.717, 1.165) is 10.6 Å². The molecule has 2 heterocycles. The molecule has 5 heteroatoms. The average molecular weight is 331 g/mol. The third-order valence-corrected chi connectivity index (χ3v) is 5.99. The predicted octanol–water partition coefficient (Wildman–Crippen LogP) is 3.47. The third-order valence-electron chi connectivity index (χ3n) is 4.62. The first kappa shape index (κ1) is 14.8. The summed E-state index contributed by atoms with van der Waals surface area (Å²) in [6.07, 6.45) is 0. The lowest BCUT2D eigenvalue weighted by Gasteiger charge is -2.26. The second-order valence-corrected chi connectivity index (χ2v) is 7.03. The van der Waals surface area contributed by atoms with E-state index in [4.69, 9.17) is 0 Å². The molecule has 0 bridgehead atoms. The van der Waals surface area contributed by atoms with Crippen molar-refractivity contribution in [2.24, 2.45) is 11.8 Å². The van der Waals surface area contributed by atoms with E-state index in [1.807, 2.05) is 47.4 Å². The summed E-state index contributed by atoms with van der Waals surface area (Å²) in [4.78, 5) is 16.2. The number of benzene rings is 2. The van der Waals surface area contributed by atoms with E-state index < -0.39 is 17.9 Å². The van der Waals surface area contributed by atoms with Crippen LogP contribution in [0.3, 0.4) is 0 Å². The van der Waals surface area contributed by atoms with Gasteiger partial charge in [-0.05, 0) is 12.1 Å². The maximum absolute atomic E-state index is 13.1. The highest BCUT2D eigenvalue weighted by molar-refractivity contribution is 8.00. The molecule has 116 valence electrons. The monoisotopic (exact) mass is 331 g/mol. The molecule has 0 radical (unpaired) electrons. The van der Waals surface area contributed by atoms with E-state index in [9.17, 15) is 15.3 Å². The van der Waals surface area contributed by atoms with Crippen molar-refractivity contribution in [1.29, 1.82) is 10.5 Å². The zero-order valence-corrected chi connectivity index (χ0v) is 13.5. The van der Waals surface area contributed by atoms with Gasteiger partial charge in [0.05, 0.1) is 35.0 Å². The first-order valence-electron chi connectivity index (χ1n) is 7.69. The van der Waals surface area contributed by atoms with Crippen LogP contribution in [0.5, 0.6) is 0 Å². The van der Waals surface area contributed by atoms with Gasteiger partial charge in [0.1, 0.15) is 6.04 Å².